The van der Waals surface area contributed by atoms with Gasteiger partial charge in [-0.05, 0) is 18.8 Å². The summed E-state index contributed by atoms with van der Waals surface area (Å²) in [6, 6.07) is -0.794. The lowest BCUT2D eigenvalue weighted by Gasteiger charge is -2.28. The fraction of sp³-hybridized carbons (Fsp3) is 0.786. The molecule has 0 aromatic carbocycles. The van der Waals surface area contributed by atoms with Gasteiger partial charge in [-0.3, -0.25) is 9.59 Å². The van der Waals surface area contributed by atoms with Crippen LogP contribution in [-0.4, -0.2) is 57.7 Å². The molecule has 1 N–H and O–H groups in total. The molecule has 1 fully saturated rings. The van der Waals surface area contributed by atoms with Crippen molar-refractivity contribution in [2.45, 2.75) is 31.7 Å². The number of carbonyl (C=O) groups is 3. The van der Waals surface area contributed by atoms with Crippen LogP contribution in [0.15, 0.2) is 0 Å². The van der Waals surface area contributed by atoms with Gasteiger partial charge in [-0.15, -0.1) is 0 Å². The molecule has 7 heteroatoms. The highest BCUT2D eigenvalue weighted by Crippen LogP contribution is 2.25. The molecule has 21 heavy (non-hydrogen) atoms. The number of ether oxygens (including phenoxy) is 3. The van der Waals surface area contributed by atoms with Crippen molar-refractivity contribution >= 4 is 17.7 Å². The molecule has 0 aromatic rings. The average Bonchev–Trinajstić information content (AvgIpc) is 2.48. The molecule has 0 aromatic heterocycles. The van der Waals surface area contributed by atoms with Crippen LogP contribution in [0.5, 0.6) is 0 Å². The summed E-state index contributed by atoms with van der Waals surface area (Å²) in [5.41, 5.74) is 0. The summed E-state index contributed by atoms with van der Waals surface area (Å²) < 4.78 is 14.6. The molecule has 1 rings (SSSR count). The van der Waals surface area contributed by atoms with Crippen LogP contribution in [0.1, 0.15) is 25.7 Å². The third-order valence-corrected chi connectivity index (χ3v) is 3.43. The molecule has 0 spiro atoms. The first-order valence-electron chi connectivity index (χ1n) is 7.04. The maximum absolute atomic E-state index is 11.8. The van der Waals surface area contributed by atoms with E-state index >= 15 is 0 Å². The number of methoxy groups -OCH3 is 2. The Morgan fingerprint density at radius 2 is 2.10 bits per heavy atom. The van der Waals surface area contributed by atoms with Crippen molar-refractivity contribution in [3.63, 3.8) is 0 Å². The average molecular weight is 301 g/mol. The minimum atomic E-state index is -0.794. The van der Waals surface area contributed by atoms with E-state index in [1.165, 1.54) is 14.2 Å². The number of hydrogen-bond donors (Lipinski definition) is 1. The molecule has 0 saturated heterocycles. The second-order valence-electron chi connectivity index (χ2n) is 5.01. The van der Waals surface area contributed by atoms with Gasteiger partial charge in [-0.25, -0.2) is 4.79 Å². The van der Waals surface area contributed by atoms with Crippen molar-refractivity contribution in [1.29, 1.82) is 0 Å². The van der Waals surface area contributed by atoms with Gasteiger partial charge in [0, 0.05) is 20.0 Å². The van der Waals surface area contributed by atoms with Crippen molar-refractivity contribution in [2.24, 2.45) is 5.92 Å². The Labute approximate surface area is 124 Å². The van der Waals surface area contributed by atoms with E-state index in [1.54, 1.807) is 0 Å². The molecule has 0 heterocycles. The molecule has 1 amide bonds. The van der Waals surface area contributed by atoms with Gasteiger partial charge in [0.1, 0.15) is 18.4 Å². The second-order valence-corrected chi connectivity index (χ2v) is 5.01. The molecule has 2 atom stereocenters. The maximum Gasteiger partial charge on any atom is 0.328 e. The minimum absolute atomic E-state index is 0.116. The Morgan fingerprint density at radius 1 is 1.33 bits per heavy atom. The number of ketones is 1. The molecule has 0 unspecified atom stereocenters. The number of esters is 1. The van der Waals surface area contributed by atoms with Crippen LogP contribution in [0.25, 0.3) is 0 Å². The summed E-state index contributed by atoms with van der Waals surface area (Å²) in [6.45, 7) is 0.539. The maximum atomic E-state index is 11.8. The number of Topliss-reactive ketones (excluding diaryl/α,β-unsaturated/α-hetero) is 1. The normalized spacial score (nSPS) is 19.9. The Kier molecular flexibility index (Phi) is 7.92. The molecule has 7 nitrogen and oxygen atoms in total. The molecule has 0 bridgehead atoms. The van der Waals surface area contributed by atoms with E-state index in [2.05, 4.69) is 5.32 Å². The Morgan fingerprint density at radius 3 is 2.71 bits per heavy atom. The van der Waals surface area contributed by atoms with E-state index in [0.29, 0.717) is 26.1 Å². The van der Waals surface area contributed by atoms with Gasteiger partial charge in [0.2, 0.25) is 5.91 Å². The molecule has 1 aliphatic carbocycles. The quantitative estimate of drug-likeness (QED) is 0.504. The fourth-order valence-corrected chi connectivity index (χ4v) is 2.36. The summed E-state index contributed by atoms with van der Waals surface area (Å²) in [6.07, 6.45) is 2.29. The van der Waals surface area contributed by atoms with Gasteiger partial charge in [0.05, 0.1) is 20.3 Å². The van der Waals surface area contributed by atoms with Gasteiger partial charge >= 0.3 is 5.97 Å². The van der Waals surface area contributed by atoms with E-state index in [9.17, 15) is 14.4 Å². The topological polar surface area (TPSA) is 90.9 Å². The summed E-state index contributed by atoms with van der Waals surface area (Å²) in [5, 5.41) is 2.60. The number of carbonyl (C=O) groups excluding carboxylic acids is 3. The van der Waals surface area contributed by atoms with E-state index in [0.717, 1.165) is 12.8 Å². The summed E-state index contributed by atoms with van der Waals surface area (Å²) >= 11 is 0. The standard InChI is InChI=1S/C14H23NO6/c1-19-6-7-21-9-12(17)15-13(14(18)20-2)10-4-3-5-11(16)8-10/h10,13H,3-9H2,1-2H3,(H,15,17)/t10-,13-/m1/s1. The number of hydrogen-bond acceptors (Lipinski definition) is 6. The van der Waals surface area contributed by atoms with Gasteiger partial charge in [-0.1, -0.05) is 0 Å². The second kappa shape index (κ2) is 9.46. The van der Waals surface area contributed by atoms with Crippen LogP contribution < -0.4 is 5.32 Å². The molecule has 1 aliphatic rings. The molecular weight excluding hydrogens is 278 g/mol. The summed E-state index contributed by atoms with van der Waals surface area (Å²) in [4.78, 5) is 35.1. The zero-order valence-electron chi connectivity index (χ0n) is 12.6. The van der Waals surface area contributed by atoms with Crippen LogP contribution in [-0.2, 0) is 28.6 Å². The van der Waals surface area contributed by atoms with Crippen molar-refractivity contribution in [3.05, 3.63) is 0 Å². The van der Waals surface area contributed by atoms with Crippen LogP contribution in [0, 0.1) is 5.92 Å². The predicted octanol–water partition coefficient (Wildman–Crippen LogP) is 0.0665. The van der Waals surface area contributed by atoms with Crippen molar-refractivity contribution in [2.75, 3.05) is 34.0 Å². The van der Waals surface area contributed by atoms with Crippen molar-refractivity contribution in [1.82, 2.24) is 5.32 Å². The van der Waals surface area contributed by atoms with Gasteiger partial charge in [0.15, 0.2) is 0 Å². The van der Waals surface area contributed by atoms with Gasteiger partial charge < -0.3 is 19.5 Å². The van der Waals surface area contributed by atoms with Gasteiger partial charge in [0.25, 0.3) is 0 Å². The van der Waals surface area contributed by atoms with E-state index in [-0.39, 0.29) is 18.3 Å². The highest BCUT2D eigenvalue weighted by molar-refractivity contribution is 5.86. The van der Waals surface area contributed by atoms with E-state index in [4.69, 9.17) is 14.2 Å². The molecule has 120 valence electrons. The molecule has 1 saturated carbocycles. The first-order valence-corrected chi connectivity index (χ1v) is 7.04. The monoisotopic (exact) mass is 301 g/mol. The minimum Gasteiger partial charge on any atom is -0.467 e. The van der Waals surface area contributed by atoms with Crippen LogP contribution in [0.4, 0.5) is 0 Å². The van der Waals surface area contributed by atoms with Crippen LogP contribution in [0.2, 0.25) is 0 Å². The third-order valence-electron chi connectivity index (χ3n) is 3.43. The zero-order chi connectivity index (χ0) is 15.7. The molecule has 0 aliphatic heterocycles. The fourth-order valence-electron chi connectivity index (χ4n) is 2.36. The van der Waals surface area contributed by atoms with E-state index in [1.807, 2.05) is 0 Å². The lowest BCUT2D eigenvalue weighted by Crippen LogP contribution is -2.49. The first-order chi connectivity index (χ1) is 10.1. The molecule has 0 radical (unpaired) electrons. The highest BCUT2D eigenvalue weighted by Gasteiger charge is 2.34. The van der Waals surface area contributed by atoms with Crippen LogP contribution in [0.3, 0.4) is 0 Å². The Hall–Kier alpha value is -1.47. The number of amides is 1. The number of rotatable bonds is 8. The Balaban J connectivity index is 2.51. The Bertz CT molecular complexity index is 370. The third kappa shape index (κ3) is 6.22. The highest BCUT2D eigenvalue weighted by atomic mass is 16.5. The van der Waals surface area contributed by atoms with Crippen molar-refractivity contribution in [3.8, 4) is 0 Å². The van der Waals surface area contributed by atoms with Crippen LogP contribution >= 0.6 is 0 Å². The predicted molar refractivity (Wildman–Crippen MR) is 73.6 cm³/mol. The number of nitrogens with one attached hydrogen (secondary N) is 1. The lowest BCUT2D eigenvalue weighted by molar-refractivity contribution is -0.148. The SMILES string of the molecule is COCCOCC(=O)N[C@@H](C(=O)OC)[C@@H]1CCCC(=O)C1. The van der Waals surface area contributed by atoms with Crippen molar-refractivity contribution < 1.29 is 28.6 Å². The summed E-state index contributed by atoms with van der Waals surface area (Å²) in [5.74, 6) is -1.02. The zero-order valence-corrected chi connectivity index (χ0v) is 12.6. The first kappa shape index (κ1) is 17.6. The van der Waals surface area contributed by atoms with Gasteiger partial charge in [-0.2, -0.15) is 0 Å². The lowest BCUT2D eigenvalue weighted by atomic mass is 9.83. The molecular formula is C14H23NO6. The van der Waals surface area contributed by atoms with E-state index < -0.39 is 17.9 Å². The largest absolute Gasteiger partial charge is 0.467 e. The smallest absolute Gasteiger partial charge is 0.328 e. The summed E-state index contributed by atoms with van der Waals surface area (Å²) in [7, 11) is 2.80.